The van der Waals surface area contributed by atoms with Crippen molar-refractivity contribution in [1.82, 2.24) is 9.97 Å². The number of hydrogen-bond donors (Lipinski definition) is 2. The first-order valence-electron chi connectivity index (χ1n) is 7.14. The molecule has 1 amide bonds. The molecular weight excluding hydrogens is 309 g/mol. The highest BCUT2D eigenvalue weighted by Crippen LogP contribution is 2.36. The van der Waals surface area contributed by atoms with Gasteiger partial charge in [0.05, 0.1) is 21.1 Å². The van der Waals surface area contributed by atoms with E-state index in [0.29, 0.717) is 21.5 Å². The lowest BCUT2D eigenvalue weighted by molar-refractivity contribution is -0.126. The summed E-state index contributed by atoms with van der Waals surface area (Å²) in [5, 5.41) is 3.80. The number of rotatable bonds is 2. The number of aromatic nitrogens is 2. The maximum atomic E-state index is 12.5. The van der Waals surface area contributed by atoms with Crippen LogP contribution >= 0.6 is 23.2 Å². The fourth-order valence-electron chi connectivity index (χ4n) is 2.88. The normalized spacial score (nSPS) is 17.9. The average Bonchev–Trinajstić information content (AvgIpc) is 2.81. The molecule has 0 aliphatic heterocycles. The van der Waals surface area contributed by atoms with Crippen LogP contribution in [0.4, 0.5) is 5.95 Å². The van der Waals surface area contributed by atoms with Crippen LogP contribution in [-0.4, -0.2) is 15.9 Å². The van der Waals surface area contributed by atoms with Gasteiger partial charge in [0.2, 0.25) is 11.9 Å². The minimum atomic E-state index is -0.299. The fraction of sp³-hybridized carbons (Fsp3) is 0.467. The maximum absolute atomic E-state index is 12.5. The van der Waals surface area contributed by atoms with Crippen LogP contribution < -0.4 is 5.32 Å². The Morgan fingerprint density at radius 1 is 1.24 bits per heavy atom. The number of H-pyrrole nitrogens is 1. The van der Waals surface area contributed by atoms with Gasteiger partial charge in [-0.1, -0.05) is 49.4 Å². The van der Waals surface area contributed by atoms with E-state index in [1.807, 2.05) is 6.92 Å². The minimum absolute atomic E-state index is 0.0263. The second-order valence-corrected chi connectivity index (χ2v) is 6.76. The maximum Gasteiger partial charge on any atom is 0.232 e. The van der Waals surface area contributed by atoms with E-state index in [4.69, 9.17) is 23.2 Å². The molecule has 21 heavy (non-hydrogen) atoms. The molecular formula is C15H17Cl2N3O. The highest BCUT2D eigenvalue weighted by Gasteiger charge is 2.34. The molecule has 0 saturated heterocycles. The van der Waals surface area contributed by atoms with Crippen molar-refractivity contribution in [3.05, 3.63) is 22.2 Å². The van der Waals surface area contributed by atoms with Crippen LogP contribution in [0.15, 0.2) is 12.1 Å². The van der Waals surface area contributed by atoms with Gasteiger partial charge in [0.1, 0.15) is 0 Å². The Labute approximate surface area is 133 Å². The molecule has 2 aromatic rings. The van der Waals surface area contributed by atoms with Gasteiger partial charge in [0, 0.05) is 5.41 Å². The number of hydrogen-bond acceptors (Lipinski definition) is 2. The van der Waals surface area contributed by atoms with Gasteiger partial charge in [-0.2, -0.15) is 0 Å². The molecule has 112 valence electrons. The average molecular weight is 326 g/mol. The highest BCUT2D eigenvalue weighted by molar-refractivity contribution is 6.42. The number of amides is 1. The molecule has 1 aliphatic rings. The number of aromatic amines is 1. The lowest BCUT2D eigenvalue weighted by atomic mass is 9.75. The number of imidazole rings is 1. The number of carbonyl (C=O) groups is 1. The van der Waals surface area contributed by atoms with E-state index in [1.165, 1.54) is 6.42 Å². The summed E-state index contributed by atoms with van der Waals surface area (Å²) in [6, 6.07) is 3.40. The summed E-state index contributed by atoms with van der Waals surface area (Å²) in [6.45, 7) is 2.03. The second kappa shape index (κ2) is 5.50. The molecule has 1 fully saturated rings. The number of nitrogens with one attached hydrogen (secondary N) is 2. The molecule has 1 saturated carbocycles. The molecule has 1 aromatic carbocycles. The molecule has 1 aromatic heterocycles. The van der Waals surface area contributed by atoms with E-state index in [2.05, 4.69) is 15.3 Å². The quantitative estimate of drug-likeness (QED) is 0.834. The summed E-state index contributed by atoms with van der Waals surface area (Å²) in [7, 11) is 0. The number of benzene rings is 1. The number of fused-ring (bicyclic) bond motifs is 1. The number of nitrogens with zero attached hydrogens (tertiary/aromatic N) is 1. The van der Waals surface area contributed by atoms with Crippen molar-refractivity contribution in [2.75, 3.05) is 5.32 Å². The molecule has 1 aliphatic carbocycles. The molecule has 1 heterocycles. The van der Waals surface area contributed by atoms with Crippen LogP contribution in [0.2, 0.25) is 10.0 Å². The van der Waals surface area contributed by atoms with Gasteiger partial charge in [0.15, 0.2) is 0 Å². The third kappa shape index (κ3) is 2.87. The number of anilines is 1. The predicted molar refractivity (Wildman–Crippen MR) is 85.9 cm³/mol. The lowest BCUT2D eigenvalue weighted by Crippen LogP contribution is -2.35. The summed E-state index contributed by atoms with van der Waals surface area (Å²) in [6.07, 6.45) is 5.28. The van der Waals surface area contributed by atoms with Gasteiger partial charge in [-0.15, -0.1) is 0 Å². The first-order valence-corrected chi connectivity index (χ1v) is 7.90. The van der Waals surface area contributed by atoms with Crippen molar-refractivity contribution in [2.24, 2.45) is 5.41 Å². The molecule has 6 heteroatoms. The molecule has 0 radical (unpaired) electrons. The first-order chi connectivity index (χ1) is 9.98. The molecule has 2 N–H and O–H groups in total. The van der Waals surface area contributed by atoms with Gasteiger partial charge < -0.3 is 4.98 Å². The third-order valence-corrected chi connectivity index (χ3v) is 4.98. The summed E-state index contributed by atoms with van der Waals surface area (Å²) in [5.74, 6) is 0.471. The Morgan fingerprint density at radius 2 is 1.90 bits per heavy atom. The molecule has 4 nitrogen and oxygen atoms in total. The molecule has 0 bridgehead atoms. The smallest absolute Gasteiger partial charge is 0.232 e. The molecule has 3 rings (SSSR count). The van der Waals surface area contributed by atoms with Crippen molar-refractivity contribution in [3.8, 4) is 0 Å². The predicted octanol–water partition coefficient (Wildman–Crippen LogP) is 4.78. The Hall–Kier alpha value is -1.26. The summed E-state index contributed by atoms with van der Waals surface area (Å²) >= 11 is 12.0. The van der Waals surface area contributed by atoms with Crippen molar-refractivity contribution >= 4 is 46.1 Å². The van der Waals surface area contributed by atoms with E-state index in [-0.39, 0.29) is 11.3 Å². The van der Waals surface area contributed by atoms with E-state index in [0.717, 1.165) is 31.2 Å². The molecule has 0 spiro atoms. The Balaban J connectivity index is 1.83. The van der Waals surface area contributed by atoms with Gasteiger partial charge in [0.25, 0.3) is 0 Å². The fourth-order valence-corrected chi connectivity index (χ4v) is 3.20. The van der Waals surface area contributed by atoms with Crippen molar-refractivity contribution in [2.45, 2.75) is 39.0 Å². The topological polar surface area (TPSA) is 57.8 Å². The van der Waals surface area contributed by atoms with E-state index >= 15 is 0 Å². The van der Waals surface area contributed by atoms with Gasteiger partial charge in [-0.3, -0.25) is 10.1 Å². The zero-order valence-electron chi connectivity index (χ0n) is 11.8. The van der Waals surface area contributed by atoms with Crippen LogP contribution in [0.1, 0.15) is 39.0 Å². The zero-order valence-corrected chi connectivity index (χ0v) is 13.3. The largest absolute Gasteiger partial charge is 0.324 e. The van der Waals surface area contributed by atoms with Crippen LogP contribution in [0, 0.1) is 5.41 Å². The van der Waals surface area contributed by atoms with E-state index in [9.17, 15) is 4.79 Å². The minimum Gasteiger partial charge on any atom is -0.324 e. The van der Waals surface area contributed by atoms with Crippen molar-refractivity contribution in [1.29, 1.82) is 0 Å². The number of halogens is 2. The zero-order chi connectivity index (χ0) is 15.0. The van der Waals surface area contributed by atoms with Crippen LogP contribution in [0.25, 0.3) is 11.0 Å². The Kier molecular flexibility index (Phi) is 3.84. The van der Waals surface area contributed by atoms with E-state index < -0.39 is 0 Å². The van der Waals surface area contributed by atoms with Gasteiger partial charge in [-0.25, -0.2) is 4.98 Å². The third-order valence-electron chi connectivity index (χ3n) is 4.26. The summed E-state index contributed by atoms with van der Waals surface area (Å²) in [4.78, 5) is 19.9. The van der Waals surface area contributed by atoms with Crippen LogP contribution in [0.3, 0.4) is 0 Å². The standard InChI is InChI=1S/C15H17Cl2N3O/c1-15(5-3-2-4-6-15)13(21)20-14-18-11-7-9(16)10(17)8-12(11)19-14/h7-8H,2-6H2,1H3,(H2,18,19,20,21). The lowest BCUT2D eigenvalue weighted by Gasteiger charge is -2.31. The van der Waals surface area contributed by atoms with Gasteiger partial charge in [-0.05, 0) is 25.0 Å². The second-order valence-electron chi connectivity index (χ2n) is 5.94. The number of carbonyl (C=O) groups excluding carboxylic acids is 1. The Morgan fingerprint density at radius 3 is 2.62 bits per heavy atom. The SMILES string of the molecule is CC1(C(=O)Nc2nc3cc(Cl)c(Cl)cc3[nH]2)CCCCC1. The monoisotopic (exact) mass is 325 g/mol. The van der Waals surface area contributed by atoms with Crippen LogP contribution in [-0.2, 0) is 4.79 Å². The van der Waals surface area contributed by atoms with Crippen LogP contribution in [0.5, 0.6) is 0 Å². The molecule has 0 unspecified atom stereocenters. The highest BCUT2D eigenvalue weighted by atomic mass is 35.5. The van der Waals surface area contributed by atoms with E-state index in [1.54, 1.807) is 12.1 Å². The van der Waals surface area contributed by atoms with Crippen molar-refractivity contribution < 1.29 is 4.79 Å². The van der Waals surface area contributed by atoms with Gasteiger partial charge >= 0.3 is 0 Å². The first kappa shape index (κ1) is 14.7. The summed E-state index contributed by atoms with van der Waals surface area (Å²) < 4.78 is 0. The summed E-state index contributed by atoms with van der Waals surface area (Å²) in [5.41, 5.74) is 1.15. The van der Waals surface area contributed by atoms with Crippen molar-refractivity contribution in [3.63, 3.8) is 0 Å². The molecule has 0 atom stereocenters. The Bertz CT molecular complexity index is 651.